The molecule has 146 valence electrons. The molecule has 2 aromatic carbocycles. The predicted molar refractivity (Wildman–Crippen MR) is 111 cm³/mol. The van der Waals surface area contributed by atoms with Gasteiger partial charge in [-0.2, -0.15) is 0 Å². The molecule has 0 radical (unpaired) electrons. The minimum Gasteiger partial charge on any atom is -0.496 e. The predicted octanol–water partition coefficient (Wildman–Crippen LogP) is 4.12. The number of anilines is 2. The molecule has 1 aromatic heterocycles. The Morgan fingerprint density at radius 2 is 1.79 bits per heavy atom. The van der Waals surface area contributed by atoms with Crippen molar-refractivity contribution < 1.29 is 13.2 Å². The molecule has 2 N–H and O–H groups in total. The number of ether oxygens (including phenoxy) is 1. The quantitative estimate of drug-likeness (QED) is 0.627. The number of hydrogen-bond donors (Lipinski definition) is 2. The van der Waals surface area contributed by atoms with Crippen LogP contribution < -0.4 is 14.8 Å². The highest BCUT2D eigenvalue weighted by atomic mass is 32.2. The Morgan fingerprint density at radius 3 is 2.43 bits per heavy atom. The summed E-state index contributed by atoms with van der Waals surface area (Å²) in [6.45, 7) is 4.53. The Morgan fingerprint density at radius 1 is 1.00 bits per heavy atom. The zero-order chi connectivity index (χ0) is 20.1. The minimum atomic E-state index is -3.72. The van der Waals surface area contributed by atoms with Crippen molar-refractivity contribution in [3.63, 3.8) is 0 Å². The molecule has 0 aliphatic heterocycles. The number of nitrogens with one attached hydrogen (secondary N) is 2. The van der Waals surface area contributed by atoms with Crippen LogP contribution in [0.2, 0.25) is 0 Å². The van der Waals surface area contributed by atoms with E-state index in [1.54, 1.807) is 44.5 Å². The van der Waals surface area contributed by atoms with Crippen molar-refractivity contribution in [3.8, 4) is 5.75 Å². The SMILES string of the molecule is COc1ccc(S(=O)(=O)Nc2ccc(NCc3ccccc3C)cn2)cc1C. The maximum Gasteiger partial charge on any atom is 0.263 e. The molecule has 0 spiro atoms. The van der Waals surface area contributed by atoms with Crippen LogP contribution >= 0.6 is 0 Å². The molecule has 0 unspecified atom stereocenters. The van der Waals surface area contributed by atoms with E-state index < -0.39 is 10.0 Å². The van der Waals surface area contributed by atoms with E-state index in [9.17, 15) is 8.42 Å². The van der Waals surface area contributed by atoms with Crippen LogP contribution in [0.5, 0.6) is 5.75 Å². The molecule has 0 amide bonds. The van der Waals surface area contributed by atoms with Crippen molar-refractivity contribution in [1.82, 2.24) is 4.98 Å². The van der Waals surface area contributed by atoms with Crippen molar-refractivity contribution in [1.29, 1.82) is 0 Å². The summed E-state index contributed by atoms with van der Waals surface area (Å²) in [5, 5.41) is 3.29. The second kappa shape index (κ2) is 8.31. The summed E-state index contributed by atoms with van der Waals surface area (Å²) in [6.07, 6.45) is 1.61. The van der Waals surface area contributed by atoms with Gasteiger partial charge in [0.25, 0.3) is 10.0 Å². The maximum atomic E-state index is 12.6. The van der Waals surface area contributed by atoms with E-state index in [2.05, 4.69) is 34.1 Å². The Labute approximate surface area is 165 Å². The number of hydrogen-bond acceptors (Lipinski definition) is 5. The molecule has 6 nitrogen and oxygen atoms in total. The van der Waals surface area contributed by atoms with Gasteiger partial charge in [0.15, 0.2) is 0 Å². The lowest BCUT2D eigenvalue weighted by Gasteiger charge is -2.11. The fraction of sp³-hybridized carbons (Fsp3) is 0.190. The molecule has 0 atom stereocenters. The summed E-state index contributed by atoms with van der Waals surface area (Å²) < 4.78 is 32.8. The van der Waals surface area contributed by atoms with E-state index in [0.717, 1.165) is 11.3 Å². The Balaban J connectivity index is 1.68. The molecule has 0 saturated carbocycles. The van der Waals surface area contributed by atoms with Crippen LogP contribution in [-0.4, -0.2) is 20.5 Å². The van der Waals surface area contributed by atoms with Gasteiger partial charge in [-0.25, -0.2) is 13.4 Å². The molecule has 28 heavy (non-hydrogen) atoms. The van der Waals surface area contributed by atoms with E-state index in [4.69, 9.17) is 4.74 Å². The molecule has 0 aliphatic carbocycles. The zero-order valence-electron chi connectivity index (χ0n) is 16.1. The Hall–Kier alpha value is -3.06. The van der Waals surface area contributed by atoms with Crippen LogP contribution in [0.4, 0.5) is 11.5 Å². The van der Waals surface area contributed by atoms with E-state index in [0.29, 0.717) is 12.3 Å². The third kappa shape index (κ3) is 4.61. The van der Waals surface area contributed by atoms with Gasteiger partial charge in [0.1, 0.15) is 11.6 Å². The number of benzene rings is 2. The molecule has 7 heteroatoms. The lowest BCUT2D eigenvalue weighted by atomic mass is 10.1. The van der Waals surface area contributed by atoms with E-state index in [1.807, 2.05) is 12.1 Å². The van der Waals surface area contributed by atoms with Crippen LogP contribution in [0.3, 0.4) is 0 Å². The van der Waals surface area contributed by atoms with Gasteiger partial charge < -0.3 is 10.1 Å². The fourth-order valence-electron chi connectivity index (χ4n) is 2.78. The number of methoxy groups -OCH3 is 1. The molecule has 0 fully saturated rings. The standard InChI is InChI=1S/C21H23N3O3S/c1-15-6-4-5-7-17(15)13-22-18-8-11-21(23-14-18)24-28(25,26)19-9-10-20(27-3)16(2)12-19/h4-12,14,22H,13H2,1-3H3,(H,23,24). The molecule has 0 aliphatic rings. The van der Waals surface area contributed by atoms with E-state index in [-0.39, 0.29) is 10.7 Å². The molecule has 3 aromatic rings. The van der Waals surface area contributed by atoms with E-state index >= 15 is 0 Å². The van der Waals surface area contributed by atoms with Crippen molar-refractivity contribution in [3.05, 3.63) is 77.5 Å². The third-order valence-corrected chi connectivity index (χ3v) is 5.78. The second-order valence-corrected chi connectivity index (χ2v) is 8.13. The van der Waals surface area contributed by atoms with Gasteiger partial charge in [0, 0.05) is 6.54 Å². The zero-order valence-corrected chi connectivity index (χ0v) is 16.9. The first-order valence-corrected chi connectivity index (χ1v) is 10.3. The van der Waals surface area contributed by atoms with Crippen LogP contribution in [0.25, 0.3) is 0 Å². The minimum absolute atomic E-state index is 0.161. The number of aryl methyl sites for hydroxylation is 2. The number of rotatable bonds is 7. The molecule has 0 bridgehead atoms. The van der Waals surface area contributed by atoms with Gasteiger partial charge in [-0.1, -0.05) is 24.3 Å². The molecular weight excluding hydrogens is 374 g/mol. The number of nitrogens with zero attached hydrogens (tertiary/aromatic N) is 1. The highest BCUT2D eigenvalue weighted by molar-refractivity contribution is 7.92. The number of pyridine rings is 1. The van der Waals surface area contributed by atoms with Crippen LogP contribution in [-0.2, 0) is 16.6 Å². The van der Waals surface area contributed by atoms with Gasteiger partial charge in [0.05, 0.1) is 23.9 Å². The fourth-order valence-corrected chi connectivity index (χ4v) is 3.87. The maximum absolute atomic E-state index is 12.6. The summed E-state index contributed by atoms with van der Waals surface area (Å²) in [4.78, 5) is 4.36. The van der Waals surface area contributed by atoms with Gasteiger partial charge in [-0.15, -0.1) is 0 Å². The van der Waals surface area contributed by atoms with Gasteiger partial charge in [-0.3, -0.25) is 4.72 Å². The van der Waals surface area contributed by atoms with Crippen LogP contribution in [0.15, 0.2) is 65.7 Å². The molecular formula is C21H23N3O3S. The first kappa shape index (κ1) is 19.7. The van der Waals surface area contributed by atoms with Gasteiger partial charge in [0.2, 0.25) is 0 Å². The lowest BCUT2D eigenvalue weighted by Crippen LogP contribution is -2.14. The highest BCUT2D eigenvalue weighted by Gasteiger charge is 2.16. The molecule has 3 rings (SSSR count). The highest BCUT2D eigenvalue weighted by Crippen LogP contribution is 2.23. The average molecular weight is 398 g/mol. The largest absolute Gasteiger partial charge is 0.496 e. The van der Waals surface area contributed by atoms with E-state index in [1.165, 1.54) is 17.2 Å². The molecule has 0 saturated heterocycles. The summed E-state index contributed by atoms with van der Waals surface area (Å²) in [5.74, 6) is 0.899. The van der Waals surface area contributed by atoms with Crippen LogP contribution in [0, 0.1) is 13.8 Å². The van der Waals surface area contributed by atoms with Crippen molar-refractivity contribution in [2.45, 2.75) is 25.3 Å². The Kier molecular flexibility index (Phi) is 5.84. The summed E-state index contributed by atoms with van der Waals surface area (Å²) in [6, 6.07) is 16.3. The normalized spacial score (nSPS) is 11.1. The first-order chi connectivity index (χ1) is 13.4. The number of sulfonamides is 1. The van der Waals surface area contributed by atoms with Crippen LogP contribution in [0.1, 0.15) is 16.7 Å². The average Bonchev–Trinajstić information content (AvgIpc) is 2.68. The Bertz CT molecular complexity index is 1060. The smallest absolute Gasteiger partial charge is 0.263 e. The monoisotopic (exact) mass is 397 g/mol. The summed E-state index contributed by atoms with van der Waals surface area (Å²) in [7, 11) is -2.17. The second-order valence-electron chi connectivity index (χ2n) is 6.45. The summed E-state index contributed by atoms with van der Waals surface area (Å²) in [5.41, 5.74) is 3.96. The topological polar surface area (TPSA) is 80.3 Å². The first-order valence-electron chi connectivity index (χ1n) is 8.81. The van der Waals surface area contributed by atoms with Crippen molar-refractivity contribution in [2.24, 2.45) is 0 Å². The third-order valence-electron chi connectivity index (χ3n) is 4.42. The summed E-state index contributed by atoms with van der Waals surface area (Å²) >= 11 is 0. The van der Waals surface area contributed by atoms with Crippen molar-refractivity contribution in [2.75, 3.05) is 17.1 Å². The lowest BCUT2D eigenvalue weighted by molar-refractivity contribution is 0.411. The number of aromatic nitrogens is 1. The van der Waals surface area contributed by atoms with Gasteiger partial charge >= 0.3 is 0 Å². The van der Waals surface area contributed by atoms with Crippen molar-refractivity contribution >= 4 is 21.5 Å². The van der Waals surface area contributed by atoms with Gasteiger partial charge in [-0.05, 0) is 60.9 Å². The molecule has 1 heterocycles.